The largest absolute Gasteiger partial charge is 0.289 e. The molecule has 0 radical (unpaired) electrons. The molecule has 1 aliphatic rings. The predicted octanol–water partition coefficient (Wildman–Crippen LogP) is 3.43. The van der Waals surface area contributed by atoms with E-state index in [1.165, 1.54) is 48.6 Å². The second-order valence-corrected chi connectivity index (χ2v) is 7.81. The minimum atomic E-state index is -3.58. The van der Waals surface area contributed by atoms with Crippen LogP contribution in [-0.4, -0.2) is 25.7 Å². The lowest BCUT2D eigenvalue weighted by Gasteiger charge is -2.17. The third-order valence-corrected chi connectivity index (χ3v) is 5.31. The average Bonchev–Trinajstić information content (AvgIpc) is 2.55. The zero-order valence-corrected chi connectivity index (χ0v) is 13.9. The summed E-state index contributed by atoms with van der Waals surface area (Å²) in [6.07, 6.45) is 2.48. The van der Waals surface area contributed by atoms with Crippen LogP contribution in [0.2, 0.25) is 0 Å². The van der Waals surface area contributed by atoms with E-state index in [2.05, 4.69) is 0 Å². The lowest BCUT2D eigenvalue weighted by molar-refractivity contribution is -0.112. The van der Waals surface area contributed by atoms with Crippen molar-refractivity contribution in [2.45, 2.75) is 0 Å². The number of Topliss-reactive ketones (excluding diaryl/α,β-unsaturated/α-hetero) is 1. The van der Waals surface area contributed by atoms with Gasteiger partial charge in [0.2, 0.25) is 0 Å². The Bertz CT molecular complexity index is 931. The first-order valence-corrected chi connectivity index (χ1v) is 9.33. The maximum atomic E-state index is 13.8. The molecule has 6 heteroatoms. The SMILES string of the molecule is O=C1/C(=C/c2ccccc2F)CS(=O)(=O)C/C1=C\c1ccccc1F. The first-order chi connectivity index (χ1) is 11.9. The molecule has 0 aliphatic carbocycles. The third-order valence-electron chi connectivity index (χ3n) is 3.80. The van der Waals surface area contributed by atoms with Gasteiger partial charge in [0.1, 0.15) is 11.6 Å². The van der Waals surface area contributed by atoms with Gasteiger partial charge >= 0.3 is 0 Å². The van der Waals surface area contributed by atoms with E-state index < -0.39 is 38.8 Å². The van der Waals surface area contributed by atoms with E-state index in [1.807, 2.05) is 0 Å². The number of carbonyl (C=O) groups excluding carboxylic acids is 1. The highest BCUT2D eigenvalue weighted by molar-refractivity contribution is 7.92. The Morgan fingerprint density at radius 2 is 1.16 bits per heavy atom. The Labute approximate surface area is 144 Å². The van der Waals surface area contributed by atoms with Gasteiger partial charge in [-0.3, -0.25) is 4.79 Å². The zero-order valence-electron chi connectivity index (χ0n) is 13.1. The highest BCUT2D eigenvalue weighted by Crippen LogP contribution is 2.24. The molecule has 0 unspecified atom stereocenters. The monoisotopic (exact) mass is 360 g/mol. The standard InChI is InChI=1S/C19H14F2O3S/c20-17-7-3-1-5-13(17)9-15-11-25(23,24)12-16(19(15)22)10-14-6-2-4-8-18(14)21/h1-10H,11-12H2/b15-9+,16-10+. The van der Waals surface area contributed by atoms with Crippen LogP contribution in [0.4, 0.5) is 8.78 Å². The van der Waals surface area contributed by atoms with E-state index in [1.54, 1.807) is 12.1 Å². The summed E-state index contributed by atoms with van der Waals surface area (Å²) in [6, 6.07) is 11.5. The minimum Gasteiger partial charge on any atom is -0.289 e. The summed E-state index contributed by atoms with van der Waals surface area (Å²) in [6.45, 7) is 0. The summed E-state index contributed by atoms with van der Waals surface area (Å²) in [5, 5.41) is 0. The van der Waals surface area contributed by atoms with Crippen LogP contribution in [0.5, 0.6) is 0 Å². The fourth-order valence-corrected chi connectivity index (χ4v) is 4.11. The Hall–Kier alpha value is -2.60. The van der Waals surface area contributed by atoms with Gasteiger partial charge < -0.3 is 0 Å². The molecule has 3 rings (SSSR count). The molecule has 0 spiro atoms. The summed E-state index contributed by atoms with van der Waals surface area (Å²) >= 11 is 0. The Morgan fingerprint density at radius 3 is 1.56 bits per heavy atom. The normalized spacial score (nSPS) is 20.2. The van der Waals surface area contributed by atoms with Gasteiger partial charge in [0.25, 0.3) is 0 Å². The van der Waals surface area contributed by atoms with Crippen LogP contribution in [0, 0.1) is 11.6 Å². The van der Waals surface area contributed by atoms with Gasteiger partial charge in [-0.25, -0.2) is 17.2 Å². The van der Waals surface area contributed by atoms with Crippen molar-refractivity contribution in [3.8, 4) is 0 Å². The molecule has 0 bridgehead atoms. The third kappa shape index (κ3) is 3.91. The molecule has 1 aliphatic heterocycles. The molecule has 0 atom stereocenters. The number of sulfone groups is 1. The van der Waals surface area contributed by atoms with E-state index >= 15 is 0 Å². The van der Waals surface area contributed by atoms with Gasteiger partial charge in [0, 0.05) is 22.3 Å². The number of halogens is 2. The maximum Gasteiger partial charge on any atom is 0.187 e. The van der Waals surface area contributed by atoms with Gasteiger partial charge in [0.05, 0.1) is 11.5 Å². The van der Waals surface area contributed by atoms with Crippen molar-refractivity contribution in [2.24, 2.45) is 0 Å². The molecule has 0 amide bonds. The maximum absolute atomic E-state index is 13.8. The lowest BCUT2D eigenvalue weighted by atomic mass is 10.0. The van der Waals surface area contributed by atoms with Gasteiger partial charge in [-0.2, -0.15) is 0 Å². The molecule has 0 aromatic heterocycles. The first kappa shape index (κ1) is 17.2. The Balaban J connectivity index is 2.06. The molecule has 0 N–H and O–H groups in total. The first-order valence-electron chi connectivity index (χ1n) is 7.51. The van der Waals surface area contributed by atoms with Crippen LogP contribution in [0.1, 0.15) is 11.1 Å². The molecular formula is C19H14F2O3S. The Morgan fingerprint density at radius 1 is 0.760 bits per heavy atom. The van der Waals surface area contributed by atoms with E-state index in [4.69, 9.17) is 0 Å². The number of carbonyl (C=O) groups is 1. The van der Waals surface area contributed by atoms with Crippen LogP contribution in [0.25, 0.3) is 12.2 Å². The van der Waals surface area contributed by atoms with Gasteiger partial charge in [-0.05, 0) is 24.3 Å². The number of hydrogen-bond donors (Lipinski definition) is 0. The fourth-order valence-electron chi connectivity index (χ4n) is 2.64. The van der Waals surface area contributed by atoms with Crippen LogP contribution in [0.15, 0.2) is 59.7 Å². The zero-order chi connectivity index (χ0) is 18.0. The van der Waals surface area contributed by atoms with Crippen molar-refractivity contribution >= 4 is 27.8 Å². The summed E-state index contributed by atoms with van der Waals surface area (Å²) in [4.78, 5) is 12.6. The second-order valence-electron chi connectivity index (χ2n) is 5.74. The quantitative estimate of drug-likeness (QED) is 0.771. The van der Waals surface area contributed by atoms with E-state index in [9.17, 15) is 22.0 Å². The number of benzene rings is 2. The van der Waals surface area contributed by atoms with Crippen molar-refractivity contribution in [3.05, 3.63) is 82.4 Å². The lowest BCUT2D eigenvalue weighted by Crippen LogP contribution is -2.28. The van der Waals surface area contributed by atoms with E-state index in [0.717, 1.165) is 0 Å². The molecule has 2 aromatic rings. The average molecular weight is 360 g/mol. The minimum absolute atomic E-state index is 0.0288. The molecule has 2 aromatic carbocycles. The van der Waals surface area contributed by atoms with Gasteiger partial charge in [-0.1, -0.05) is 36.4 Å². The molecule has 128 valence electrons. The number of rotatable bonds is 2. The molecule has 1 heterocycles. The van der Waals surface area contributed by atoms with Crippen molar-refractivity contribution in [1.82, 2.24) is 0 Å². The van der Waals surface area contributed by atoms with Gasteiger partial charge in [-0.15, -0.1) is 0 Å². The van der Waals surface area contributed by atoms with Crippen molar-refractivity contribution in [1.29, 1.82) is 0 Å². The van der Waals surface area contributed by atoms with Gasteiger partial charge in [0.15, 0.2) is 15.6 Å². The summed E-state index contributed by atoms with van der Waals surface area (Å²) in [5.74, 6) is -2.54. The summed E-state index contributed by atoms with van der Waals surface area (Å²) in [5.41, 5.74) is 0.208. The predicted molar refractivity (Wildman–Crippen MR) is 92.4 cm³/mol. The highest BCUT2D eigenvalue weighted by Gasteiger charge is 2.31. The molecule has 0 saturated carbocycles. The van der Waals surface area contributed by atoms with Crippen LogP contribution in [-0.2, 0) is 14.6 Å². The molecule has 3 nitrogen and oxygen atoms in total. The molecular weight excluding hydrogens is 346 g/mol. The fraction of sp³-hybridized carbons (Fsp3) is 0.105. The van der Waals surface area contributed by atoms with Crippen LogP contribution >= 0.6 is 0 Å². The smallest absolute Gasteiger partial charge is 0.187 e. The summed E-state index contributed by atoms with van der Waals surface area (Å²) in [7, 11) is -3.58. The van der Waals surface area contributed by atoms with Crippen LogP contribution in [0.3, 0.4) is 0 Å². The molecule has 25 heavy (non-hydrogen) atoms. The van der Waals surface area contributed by atoms with Crippen molar-refractivity contribution < 1.29 is 22.0 Å². The number of hydrogen-bond acceptors (Lipinski definition) is 3. The second kappa shape index (κ2) is 6.72. The van der Waals surface area contributed by atoms with Crippen LogP contribution < -0.4 is 0 Å². The molecule has 1 fully saturated rings. The topological polar surface area (TPSA) is 51.2 Å². The Kier molecular flexibility index (Phi) is 4.63. The van der Waals surface area contributed by atoms with E-state index in [-0.39, 0.29) is 22.3 Å². The van der Waals surface area contributed by atoms with Crippen molar-refractivity contribution in [3.63, 3.8) is 0 Å². The van der Waals surface area contributed by atoms with Crippen molar-refractivity contribution in [2.75, 3.05) is 11.5 Å². The highest BCUT2D eigenvalue weighted by atomic mass is 32.2. The number of ketones is 1. The molecule has 1 saturated heterocycles. The van der Waals surface area contributed by atoms with E-state index in [0.29, 0.717) is 0 Å². The summed E-state index contributed by atoms with van der Waals surface area (Å²) < 4.78 is 51.9.